The fourth-order valence-electron chi connectivity index (χ4n) is 0.785. The van der Waals surface area contributed by atoms with Crippen LogP contribution in [0.2, 0.25) is 12.1 Å². The van der Waals surface area contributed by atoms with Crippen molar-refractivity contribution in [1.29, 1.82) is 0 Å². The Labute approximate surface area is 111 Å². The third-order valence-electron chi connectivity index (χ3n) is 1.30. The summed E-state index contributed by atoms with van der Waals surface area (Å²) in [6.07, 6.45) is 3.27. The molecule has 0 heterocycles. The van der Waals surface area contributed by atoms with E-state index < -0.39 is 0 Å². The van der Waals surface area contributed by atoms with E-state index in [2.05, 4.69) is 13.0 Å². The predicted molar refractivity (Wildman–Crippen MR) is 70.5 cm³/mol. The third kappa shape index (κ3) is 9.87. The van der Waals surface area contributed by atoms with Crippen molar-refractivity contribution < 1.29 is 0 Å². The Balaban J connectivity index is 3.84. The first-order chi connectivity index (χ1) is 6.56. The number of alkyl halides is 4. The molecular weight excluding hydrogens is 294 g/mol. The normalized spacial score (nSPS) is 11.1. The van der Waals surface area contributed by atoms with Gasteiger partial charge in [0.15, 0.2) is 0 Å². The van der Waals surface area contributed by atoms with E-state index in [1.54, 1.807) is 0 Å². The van der Waals surface area contributed by atoms with Gasteiger partial charge in [-0.15, -0.1) is 51.2 Å². The second-order valence-corrected chi connectivity index (χ2v) is 8.23. The first-order valence-electron chi connectivity index (χ1n) is 4.30. The van der Waals surface area contributed by atoms with Crippen LogP contribution >= 0.6 is 46.4 Å². The molecule has 0 unspecified atom stereocenters. The lowest BCUT2D eigenvalue weighted by molar-refractivity contribution is 1.22. The van der Waals surface area contributed by atoms with E-state index in [1.165, 1.54) is 4.82 Å². The number of hydrogen-bond acceptors (Lipinski definition) is 0. The van der Waals surface area contributed by atoms with Gasteiger partial charge in [0.05, 0.1) is 19.0 Å². The Hall–Kier alpha value is 1.33. The van der Waals surface area contributed by atoms with Crippen LogP contribution in [0.5, 0.6) is 0 Å². The zero-order valence-electron chi connectivity index (χ0n) is 7.87. The molecule has 0 aromatic rings. The highest BCUT2D eigenvalue weighted by atomic mass is 35.5. The molecule has 0 saturated heterocycles. The van der Waals surface area contributed by atoms with Gasteiger partial charge in [0, 0.05) is 0 Å². The van der Waals surface area contributed by atoms with Crippen molar-refractivity contribution in [2.45, 2.75) is 35.1 Å². The summed E-state index contributed by atoms with van der Waals surface area (Å²) in [5, 5.41) is 0. The van der Waals surface area contributed by atoms with Crippen molar-refractivity contribution in [2.75, 3.05) is 0 Å². The highest BCUT2D eigenvalue weighted by Crippen LogP contribution is 2.13. The first-order valence-corrected chi connectivity index (χ1v) is 8.46. The van der Waals surface area contributed by atoms with Gasteiger partial charge in [-0.05, 0) is 18.5 Å². The van der Waals surface area contributed by atoms with E-state index in [1.807, 2.05) is 0 Å². The molecule has 0 fully saturated rings. The predicted octanol–water partition coefficient (Wildman–Crippen LogP) is 4.09. The van der Waals surface area contributed by atoms with Gasteiger partial charge in [0.2, 0.25) is 0 Å². The number of halogens is 4. The van der Waals surface area contributed by atoms with Crippen molar-refractivity contribution in [2.24, 2.45) is 0 Å². The van der Waals surface area contributed by atoms with Gasteiger partial charge in [0.25, 0.3) is 0 Å². The third-order valence-corrected chi connectivity index (χ3v) is 6.41. The van der Waals surface area contributed by atoms with Gasteiger partial charge in [-0.2, -0.15) is 0 Å². The molecule has 0 spiro atoms. The average Bonchev–Trinajstić information content (AvgIpc) is 2.09. The monoisotopic (exact) mass is 304 g/mol. The van der Waals surface area contributed by atoms with Crippen molar-refractivity contribution >= 4 is 65.4 Å². The molecular formula is C8H12Cl4Si2. The van der Waals surface area contributed by atoms with Crippen LogP contribution in [-0.4, -0.2) is 28.7 Å². The Morgan fingerprint density at radius 3 is 1.79 bits per heavy atom. The summed E-state index contributed by atoms with van der Waals surface area (Å²) in [4.78, 5) is 0.882. The Kier molecular flexibility index (Phi) is 10.5. The summed E-state index contributed by atoms with van der Waals surface area (Å²) < 4.78 is 0. The number of hydrogen-bond donors (Lipinski definition) is 0. The van der Waals surface area contributed by atoms with Crippen LogP contribution in [0, 0.1) is 0 Å². The maximum Gasteiger partial charge on any atom is 0.105 e. The fourth-order valence-corrected chi connectivity index (χ4v) is 4.27. The zero-order valence-corrected chi connectivity index (χ0v) is 12.9. The van der Waals surface area contributed by atoms with Crippen LogP contribution in [-0.2, 0) is 0 Å². The highest BCUT2D eigenvalue weighted by molar-refractivity contribution is 6.71. The molecule has 0 bridgehead atoms. The standard InChI is InChI=1S/C8H12Cl4Si2/c1-2-3-8(13-4-6(9)10)14-5-7(11)12/h3,6-7H,2,4-5H2,1H3. The van der Waals surface area contributed by atoms with Crippen LogP contribution in [0.3, 0.4) is 0 Å². The molecule has 4 radical (unpaired) electrons. The lowest BCUT2D eigenvalue weighted by atomic mass is 10.5. The number of allylic oxidation sites excluding steroid dienone is 1. The minimum atomic E-state index is -0.263. The van der Waals surface area contributed by atoms with Crippen LogP contribution in [0.1, 0.15) is 13.3 Å². The Morgan fingerprint density at radius 2 is 1.50 bits per heavy atom. The van der Waals surface area contributed by atoms with Crippen molar-refractivity contribution in [3.05, 3.63) is 10.9 Å². The SMILES string of the molecule is CCC=C([Si]CC(Cl)Cl)[Si]CC(Cl)Cl. The maximum absolute atomic E-state index is 5.68. The Bertz CT molecular complexity index is 157. The van der Waals surface area contributed by atoms with Crippen LogP contribution < -0.4 is 0 Å². The van der Waals surface area contributed by atoms with Crippen molar-refractivity contribution in [3.8, 4) is 0 Å². The molecule has 14 heavy (non-hydrogen) atoms. The minimum absolute atomic E-state index is 0.263. The molecule has 0 N–H and O–H groups in total. The topological polar surface area (TPSA) is 0 Å². The molecule has 0 aliphatic heterocycles. The van der Waals surface area contributed by atoms with Crippen LogP contribution in [0.4, 0.5) is 0 Å². The largest absolute Gasteiger partial charge is 0.106 e. The second-order valence-electron chi connectivity index (χ2n) is 2.57. The molecule has 0 nitrogen and oxygen atoms in total. The molecule has 6 heteroatoms. The molecule has 0 saturated carbocycles. The van der Waals surface area contributed by atoms with E-state index in [0.717, 1.165) is 18.5 Å². The van der Waals surface area contributed by atoms with Gasteiger partial charge < -0.3 is 0 Å². The van der Waals surface area contributed by atoms with E-state index in [9.17, 15) is 0 Å². The molecule has 0 aromatic heterocycles. The summed E-state index contributed by atoms with van der Waals surface area (Å²) in [5.74, 6) is 0. The highest BCUT2D eigenvalue weighted by Gasteiger charge is 2.07. The first kappa shape index (κ1) is 15.3. The van der Waals surface area contributed by atoms with Crippen LogP contribution in [0.25, 0.3) is 0 Å². The van der Waals surface area contributed by atoms with E-state index in [4.69, 9.17) is 46.4 Å². The van der Waals surface area contributed by atoms with Gasteiger partial charge in [0.1, 0.15) is 9.67 Å². The molecule has 0 amide bonds. The summed E-state index contributed by atoms with van der Waals surface area (Å²) >= 11 is 22.7. The van der Waals surface area contributed by atoms with Crippen molar-refractivity contribution in [1.82, 2.24) is 0 Å². The van der Waals surface area contributed by atoms with Gasteiger partial charge in [-0.1, -0.05) is 13.0 Å². The minimum Gasteiger partial charge on any atom is -0.106 e. The smallest absolute Gasteiger partial charge is 0.105 e. The van der Waals surface area contributed by atoms with Gasteiger partial charge >= 0.3 is 0 Å². The molecule has 0 aliphatic carbocycles. The maximum atomic E-state index is 5.68. The molecule has 0 rings (SSSR count). The summed E-state index contributed by atoms with van der Waals surface area (Å²) in [6.45, 7) is 2.12. The van der Waals surface area contributed by atoms with Crippen LogP contribution in [0.15, 0.2) is 10.9 Å². The quantitative estimate of drug-likeness (QED) is 0.491. The zero-order chi connectivity index (χ0) is 11.0. The second kappa shape index (κ2) is 9.55. The van der Waals surface area contributed by atoms with E-state index in [0.29, 0.717) is 19.0 Å². The molecule has 0 aliphatic rings. The number of rotatable bonds is 7. The summed E-state index contributed by atoms with van der Waals surface area (Å²) in [5.41, 5.74) is 0. The van der Waals surface area contributed by atoms with E-state index in [-0.39, 0.29) is 9.67 Å². The molecule has 0 atom stereocenters. The van der Waals surface area contributed by atoms with Crippen molar-refractivity contribution in [3.63, 3.8) is 0 Å². The van der Waals surface area contributed by atoms with Gasteiger partial charge in [-0.25, -0.2) is 0 Å². The van der Waals surface area contributed by atoms with E-state index >= 15 is 0 Å². The molecule has 80 valence electrons. The average molecular weight is 306 g/mol. The lowest BCUT2D eigenvalue weighted by Gasteiger charge is -2.06. The fraction of sp³-hybridized carbons (Fsp3) is 0.750. The molecule has 0 aromatic carbocycles. The Morgan fingerprint density at radius 1 is 1.07 bits per heavy atom. The summed E-state index contributed by atoms with van der Waals surface area (Å²) in [6, 6.07) is 1.66. The van der Waals surface area contributed by atoms with Gasteiger partial charge in [-0.3, -0.25) is 0 Å². The summed E-state index contributed by atoms with van der Waals surface area (Å²) in [7, 11) is 1.40. The lowest BCUT2D eigenvalue weighted by Crippen LogP contribution is -2.09.